The van der Waals surface area contributed by atoms with Crippen LogP contribution >= 0.6 is 0 Å². The van der Waals surface area contributed by atoms with Crippen LogP contribution in [0.3, 0.4) is 0 Å². The molecule has 1 amide bonds. The van der Waals surface area contributed by atoms with E-state index in [0.717, 1.165) is 18.4 Å². The smallest absolute Gasteiger partial charge is 0.258 e. The third-order valence-corrected chi connectivity index (χ3v) is 3.07. The molecule has 21 heavy (non-hydrogen) atoms. The molecule has 0 saturated carbocycles. The Kier molecular flexibility index (Phi) is 5.20. The van der Waals surface area contributed by atoms with Crippen molar-refractivity contribution < 1.29 is 18.8 Å². The average molecular weight is 290 g/mol. The van der Waals surface area contributed by atoms with E-state index in [0.29, 0.717) is 23.6 Å². The Morgan fingerprint density at radius 1 is 1.29 bits per heavy atom. The highest BCUT2D eigenvalue weighted by molar-refractivity contribution is 5.99. The van der Waals surface area contributed by atoms with Gasteiger partial charge in [-0.25, -0.2) is 0 Å². The number of carbonyl (C=O) groups excluding carboxylic acids is 1. The van der Waals surface area contributed by atoms with Gasteiger partial charge in [0.05, 0.1) is 20.4 Å². The first kappa shape index (κ1) is 14.9. The molecule has 0 aliphatic carbocycles. The van der Waals surface area contributed by atoms with E-state index >= 15 is 0 Å². The summed E-state index contributed by atoms with van der Waals surface area (Å²) < 4.78 is 15.2. The minimum Gasteiger partial charge on any atom is -0.496 e. The van der Waals surface area contributed by atoms with Gasteiger partial charge in [-0.05, 0) is 25.0 Å². The lowest BCUT2D eigenvalue weighted by atomic mass is 10.1. The molecule has 0 radical (unpaired) electrons. The standard InChI is InChI=1S/C15H18N2O4/c1-19-12-6-3-7-13(20-2)14(12)15(18)16-8-4-5-11-9-17-21-10-11/h3,6-7,9-10H,4-5,8H2,1-2H3,(H,16,18). The summed E-state index contributed by atoms with van der Waals surface area (Å²) in [5, 5.41) is 6.49. The summed E-state index contributed by atoms with van der Waals surface area (Å²) in [7, 11) is 3.05. The summed E-state index contributed by atoms with van der Waals surface area (Å²) in [6, 6.07) is 5.24. The lowest BCUT2D eigenvalue weighted by molar-refractivity contribution is 0.0947. The number of benzene rings is 1. The summed E-state index contributed by atoms with van der Waals surface area (Å²) in [4.78, 5) is 12.3. The highest BCUT2D eigenvalue weighted by Gasteiger charge is 2.17. The van der Waals surface area contributed by atoms with Crippen molar-refractivity contribution in [2.24, 2.45) is 0 Å². The lowest BCUT2D eigenvalue weighted by Crippen LogP contribution is -2.25. The number of aryl methyl sites for hydroxylation is 1. The zero-order chi connectivity index (χ0) is 15.1. The van der Waals surface area contributed by atoms with Gasteiger partial charge in [0.25, 0.3) is 5.91 Å². The Morgan fingerprint density at radius 3 is 2.57 bits per heavy atom. The van der Waals surface area contributed by atoms with Crippen LogP contribution in [0.1, 0.15) is 22.3 Å². The number of amides is 1. The van der Waals surface area contributed by atoms with Gasteiger partial charge in [0.2, 0.25) is 0 Å². The number of methoxy groups -OCH3 is 2. The zero-order valence-corrected chi connectivity index (χ0v) is 12.1. The van der Waals surface area contributed by atoms with E-state index in [1.165, 1.54) is 14.2 Å². The number of hydrogen-bond donors (Lipinski definition) is 1. The van der Waals surface area contributed by atoms with Gasteiger partial charge < -0.3 is 19.3 Å². The quantitative estimate of drug-likeness (QED) is 0.790. The van der Waals surface area contributed by atoms with Gasteiger partial charge in [-0.1, -0.05) is 11.2 Å². The van der Waals surface area contributed by atoms with Crippen molar-refractivity contribution in [3.05, 3.63) is 41.8 Å². The third-order valence-electron chi connectivity index (χ3n) is 3.07. The Morgan fingerprint density at radius 2 is 2.00 bits per heavy atom. The van der Waals surface area contributed by atoms with E-state index in [2.05, 4.69) is 10.5 Å². The molecular weight excluding hydrogens is 272 g/mol. The topological polar surface area (TPSA) is 73.6 Å². The average Bonchev–Trinajstić information content (AvgIpc) is 3.03. The Labute approximate surface area is 123 Å². The van der Waals surface area contributed by atoms with Crippen LogP contribution in [0.15, 0.2) is 35.2 Å². The molecule has 1 aromatic heterocycles. The van der Waals surface area contributed by atoms with Crippen molar-refractivity contribution in [1.82, 2.24) is 10.5 Å². The van der Waals surface area contributed by atoms with Crippen molar-refractivity contribution in [2.75, 3.05) is 20.8 Å². The molecule has 0 bridgehead atoms. The van der Waals surface area contributed by atoms with E-state index < -0.39 is 0 Å². The number of rotatable bonds is 7. The molecule has 0 aliphatic heterocycles. The maximum Gasteiger partial charge on any atom is 0.258 e. The molecule has 112 valence electrons. The Hall–Kier alpha value is -2.50. The normalized spacial score (nSPS) is 10.2. The molecular formula is C15H18N2O4. The van der Waals surface area contributed by atoms with Gasteiger partial charge in [0.1, 0.15) is 23.3 Å². The van der Waals surface area contributed by atoms with Crippen LogP contribution < -0.4 is 14.8 Å². The fourth-order valence-corrected chi connectivity index (χ4v) is 2.01. The van der Waals surface area contributed by atoms with Gasteiger partial charge >= 0.3 is 0 Å². The molecule has 2 rings (SSSR count). The van der Waals surface area contributed by atoms with Crippen LogP contribution in [0.5, 0.6) is 11.5 Å². The second-order valence-corrected chi connectivity index (χ2v) is 4.43. The van der Waals surface area contributed by atoms with E-state index in [1.807, 2.05) is 0 Å². The van der Waals surface area contributed by atoms with Crippen LogP contribution in [0.2, 0.25) is 0 Å². The van der Waals surface area contributed by atoms with Crippen molar-refractivity contribution in [3.63, 3.8) is 0 Å². The van der Waals surface area contributed by atoms with E-state index in [-0.39, 0.29) is 5.91 Å². The summed E-state index contributed by atoms with van der Waals surface area (Å²) >= 11 is 0. The van der Waals surface area contributed by atoms with Crippen LogP contribution in [-0.4, -0.2) is 31.8 Å². The maximum atomic E-state index is 12.3. The fraction of sp³-hybridized carbons (Fsp3) is 0.333. The molecule has 0 atom stereocenters. The fourth-order valence-electron chi connectivity index (χ4n) is 2.01. The largest absolute Gasteiger partial charge is 0.496 e. The Bertz CT molecular complexity index is 559. The first-order valence-electron chi connectivity index (χ1n) is 6.63. The Balaban J connectivity index is 1.93. The monoisotopic (exact) mass is 290 g/mol. The molecule has 2 aromatic rings. The van der Waals surface area contributed by atoms with Gasteiger partial charge in [-0.2, -0.15) is 0 Å². The summed E-state index contributed by atoms with van der Waals surface area (Å²) in [6.07, 6.45) is 4.87. The molecule has 0 saturated heterocycles. The van der Waals surface area contributed by atoms with Crippen molar-refractivity contribution in [1.29, 1.82) is 0 Å². The van der Waals surface area contributed by atoms with Gasteiger partial charge in [-0.15, -0.1) is 0 Å². The number of aromatic nitrogens is 1. The van der Waals surface area contributed by atoms with Gasteiger partial charge in [0, 0.05) is 12.1 Å². The molecule has 0 aliphatic rings. The maximum absolute atomic E-state index is 12.3. The zero-order valence-electron chi connectivity index (χ0n) is 12.1. The van der Waals surface area contributed by atoms with Crippen molar-refractivity contribution in [2.45, 2.75) is 12.8 Å². The molecule has 0 unspecified atom stereocenters. The van der Waals surface area contributed by atoms with Crippen molar-refractivity contribution in [3.8, 4) is 11.5 Å². The summed E-state index contributed by atoms with van der Waals surface area (Å²) in [6.45, 7) is 0.547. The minimum atomic E-state index is -0.213. The minimum absolute atomic E-state index is 0.213. The van der Waals surface area contributed by atoms with E-state index in [9.17, 15) is 4.79 Å². The second-order valence-electron chi connectivity index (χ2n) is 4.43. The molecule has 6 heteroatoms. The van der Waals surface area contributed by atoms with Crippen LogP contribution in [0.4, 0.5) is 0 Å². The highest BCUT2D eigenvalue weighted by Crippen LogP contribution is 2.27. The van der Waals surface area contributed by atoms with Crippen LogP contribution in [0.25, 0.3) is 0 Å². The van der Waals surface area contributed by atoms with Gasteiger partial charge in [0.15, 0.2) is 0 Å². The first-order valence-corrected chi connectivity index (χ1v) is 6.63. The number of hydrogen-bond acceptors (Lipinski definition) is 5. The second kappa shape index (κ2) is 7.33. The third kappa shape index (κ3) is 3.75. The molecule has 6 nitrogen and oxygen atoms in total. The molecule has 1 N–H and O–H groups in total. The molecule has 1 heterocycles. The first-order chi connectivity index (χ1) is 10.3. The van der Waals surface area contributed by atoms with Crippen molar-refractivity contribution >= 4 is 5.91 Å². The van der Waals surface area contributed by atoms with Crippen LogP contribution in [0, 0.1) is 0 Å². The predicted molar refractivity (Wildman–Crippen MR) is 76.7 cm³/mol. The number of nitrogens with zero attached hydrogens (tertiary/aromatic N) is 1. The number of ether oxygens (including phenoxy) is 2. The molecule has 1 aromatic carbocycles. The van der Waals surface area contributed by atoms with E-state index in [4.69, 9.17) is 14.0 Å². The lowest BCUT2D eigenvalue weighted by Gasteiger charge is -2.12. The SMILES string of the molecule is COc1cccc(OC)c1C(=O)NCCCc1cnoc1. The number of carbonyl (C=O) groups is 1. The number of nitrogens with one attached hydrogen (secondary N) is 1. The summed E-state index contributed by atoms with van der Waals surface area (Å²) in [5.41, 5.74) is 1.42. The molecule has 0 spiro atoms. The summed E-state index contributed by atoms with van der Waals surface area (Å²) in [5.74, 6) is 0.770. The predicted octanol–water partition coefficient (Wildman–Crippen LogP) is 2.05. The van der Waals surface area contributed by atoms with Gasteiger partial charge in [-0.3, -0.25) is 4.79 Å². The molecule has 0 fully saturated rings. The van der Waals surface area contributed by atoms with Crippen LogP contribution in [-0.2, 0) is 6.42 Å². The van der Waals surface area contributed by atoms with E-state index in [1.54, 1.807) is 30.7 Å². The highest BCUT2D eigenvalue weighted by atomic mass is 16.5.